The third kappa shape index (κ3) is 3.85. The van der Waals surface area contributed by atoms with Crippen molar-refractivity contribution in [1.29, 1.82) is 0 Å². The average molecular weight is 369 g/mol. The Balaban J connectivity index is 1.83. The van der Waals surface area contributed by atoms with Crippen LogP contribution in [0.3, 0.4) is 0 Å². The molecule has 1 unspecified atom stereocenters. The number of hydrogen-bond donors (Lipinski definition) is 0. The molecule has 0 N–H and O–H groups in total. The highest BCUT2D eigenvalue weighted by Gasteiger charge is 2.21. The fraction of sp³-hybridized carbons (Fsp3) is 0.250. The number of nitrogens with zero attached hydrogens (tertiary/aromatic N) is 3. The second kappa shape index (κ2) is 7.83. The van der Waals surface area contributed by atoms with E-state index in [9.17, 15) is 9.18 Å². The summed E-state index contributed by atoms with van der Waals surface area (Å²) in [5.41, 5.74) is 2.65. The number of hydrogen-bond acceptors (Lipinski definition) is 4. The molecule has 1 atom stereocenters. The lowest BCUT2D eigenvalue weighted by molar-refractivity contribution is 0.0994. The van der Waals surface area contributed by atoms with E-state index in [0.29, 0.717) is 17.3 Å². The minimum absolute atomic E-state index is 0.0576. The molecule has 3 aromatic rings. The van der Waals surface area contributed by atoms with Crippen LogP contribution >= 0.6 is 11.8 Å². The Bertz CT molecular complexity index is 921. The van der Waals surface area contributed by atoms with Crippen LogP contribution in [0.2, 0.25) is 0 Å². The molecule has 0 aliphatic heterocycles. The molecule has 0 spiro atoms. The zero-order chi connectivity index (χ0) is 18.7. The Kier molecular flexibility index (Phi) is 5.52. The van der Waals surface area contributed by atoms with Gasteiger partial charge in [-0.1, -0.05) is 35.5 Å². The van der Waals surface area contributed by atoms with Crippen molar-refractivity contribution in [3.63, 3.8) is 0 Å². The predicted molar refractivity (Wildman–Crippen MR) is 102 cm³/mol. The zero-order valence-corrected chi connectivity index (χ0v) is 15.8. The van der Waals surface area contributed by atoms with E-state index in [0.717, 1.165) is 17.0 Å². The highest BCUT2D eigenvalue weighted by atomic mass is 32.2. The van der Waals surface area contributed by atoms with Gasteiger partial charge in [0.25, 0.3) is 0 Å². The van der Waals surface area contributed by atoms with Gasteiger partial charge in [0.1, 0.15) is 5.82 Å². The molecule has 134 valence electrons. The summed E-state index contributed by atoms with van der Waals surface area (Å²) in [6.07, 6.45) is 0. The molecule has 0 fully saturated rings. The van der Waals surface area contributed by atoms with Gasteiger partial charge in [-0.25, -0.2) is 4.39 Å². The fourth-order valence-corrected chi connectivity index (χ4v) is 3.71. The SMILES string of the molecule is CCn1c(SC(C)C(=O)c2ccc(F)cc2)nnc1-c1cccc(C)c1. The molecule has 0 aliphatic rings. The van der Waals surface area contributed by atoms with Crippen molar-refractivity contribution in [2.45, 2.75) is 37.7 Å². The van der Waals surface area contributed by atoms with Crippen LogP contribution < -0.4 is 0 Å². The first-order valence-corrected chi connectivity index (χ1v) is 9.34. The van der Waals surface area contributed by atoms with E-state index in [1.165, 1.54) is 36.0 Å². The molecule has 2 aromatic carbocycles. The third-order valence-electron chi connectivity index (χ3n) is 4.09. The standard InChI is InChI=1S/C20H20FN3OS/c1-4-24-19(16-7-5-6-13(2)12-16)22-23-20(24)26-14(3)18(25)15-8-10-17(21)11-9-15/h5-12,14H,4H2,1-3H3. The van der Waals surface area contributed by atoms with Gasteiger partial charge in [0.2, 0.25) is 0 Å². The Morgan fingerprint density at radius 1 is 1.19 bits per heavy atom. The number of halogens is 1. The highest BCUT2D eigenvalue weighted by Crippen LogP contribution is 2.28. The van der Waals surface area contributed by atoms with Gasteiger partial charge in [-0.05, 0) is 51.1 Å². The number of aromatic nitrogens is 3. The summed E-state index contributed by atoms with van der Waals surface area (Å²) in [6, 6.07) is 13.7. The van der Waals surface area contributed by atoms with Crippen LogP contribution in [0.25, 0.3) is 11.4 Å². The van der Waals surface area contributed by atoms with Crippen LogP contribution in [0, 0.1) is 12.7 Å². The van der Waals surface area contributed by atoms with Crippen molar-refractivity contribution < 1.29 is 9.18 Å². The monoisotopic (exact) mass is 369 g/mol. The molecule has 0 radical (unpaired) electrons. The minimum atomic E-state index is -0.352. The summed E-state index contributed by atoms with van der Waals surface area (Å²) in [5, 5.41) is 8.97. The van der Waals surface area contributed by atoms with Crippen molar-refractivity contribution in [1.82, 2.24) is 14.8 Å². The second-order valence-electron chi connectivity index (χ2n) is 6.05. The van der Waals surface area contributed by atoms with Crippen molar-refractivity contribution in [2.24, 2.45) is 0 Å². The molecule has 4 nitrogen and oxygen atoms in total. The second-order valence-corrected chi connectivity index (χ2v) is 7.36. The van der Waals surface area contributed by atoms with E-state index >= 15 is 0 Å². The van der Waals surface area contributed by atoms with Crippen molar-refractivity contribution in [2.75, 3.05) is 0 Å². The van der Waals surface area contributed by atoms with Crippen LogP contribution in [0.4, 0.5) is 4.39 Å². The molecular formula is C20H20FN3OS. The van der Waals surface area contributed by atoms with Crippen LogP contribution in [-0.2, 0) is 6.54 Å². The van der Waals surface area contributed by atoms with Gasteiger partial charge in [-0.2, -0.15) is 0 Å². The van der Waals surface area contributed by atoms with Gasteiger partial charge in [0.15, 0.2) is 16.8 Å². The Hall–Kier alpha value is -2.47. The maximum atomic E-state index is 13.1. The quantitative estimate of drug-likeness (QED) is 0.464. The summed E-state index contributed by atoms with van der Waals surface area (Å²) >= 11 is 1.37. The smallest absolute Gasteiger partial charge is 0.192 e. The van der Waals surface area contributed by atoms with Gasteiger partial charge in [0, 0.05) is 17.7 Å². The maximum Gasteiger partial charge on any atom is 0.192 e. The van der Waals surface area contributed by atoms with E-state index in [1.54, 1.807) is 0 Å². The first-order valence-electron chi connectivity index (χ1n) is 8.46. The molecule has 1 heterocycles. The molecular weight excluding hydrogens is 349 g/mol. The number of benzene rings is 2. The largest absolute Gasteiger partial charge is 0.302 e. The van der Waals surface area contributed by atoms with Crippen LogP contribution in [0.1, 0.15) is 29.8 Å². The molecule has 0 saturated carbocycles. The van der Waals surface area contributed by atoms with Gasteiger partial charge in [-0.3, -0.25) is 4.79 Å². The van der Waals surface area contributed by atoms with Crippen molar-refractivity contribution in [3.8, 4) is 11.4 Å². The van der Waals surface area contributed by atoms with Crippen LogP contribution in [-0.4, -0.2) is 25.8 Å². The average Bonchev–Trinajstić information content (AvgIpc) is 3.04. The summed E-state index contributed by atoms with van der Waals surface area (Å²) < 4.78 is 15.1. The summed E-state index contributed by atoms with van der Waals surface area (Å²) in [5.74, 6) is 0.383. The number of carbonyl (C=O) groups is 1. The lowest BCUT2D eigenvalue weighted by atomic mass is 10.1. The summed E-state index contributed by atoms with van der Waals surface area (Å²) in [4.78, 5) is 12.6. The van der Waals surface area contributed by atoms with E-state index in [2.05, 4.69) is 16.3 Å². The first kappa shape index (κ1) is 18.3. The fourth-order valence-electron chi connectivity index (χ4n) is 2.72. The van der Waals surface area contributed by atoms with Gasteiger partial charge in [-0.15, -0.1) is 10.2 Å². The molecule has 3 rings (SSSR count). The Labute approximate surface area is 156 Å². The van der Waals surface area contributed by atoms with Gasteiger partial charge in [0.05, 0.1) is 5.25 Å². The number of thioether (sulfide) groups is 1. The van der Waals surface area contributed by atoms with E-state index in [1.807, 2.05) is 43.5 Å². The number of Topliss-reactive ketones (excluding diaryl/α,β-unsaturated/α-hetero) is 1. The maximum absolute atomic E-state index is 13.1. The number of ketones is 1. The molecule has 6 heteroatoms. The van der Waals surface area contributed by atoms with Crippen LogP contribution in [0.15, 0.2) is 53.7 Å². The zero-order valence-electron chi connectivity index (χ0n) is 14.9. The normalized spacial score (nSPS) is 12.2. The molecule has 0 bridgehead atoms. The Morgan fingerprint density at radius 3 is 2.58 bits per heavy atom. The van der Waals surface area contributed by atoms with Crippen molar-refractivity contribution >= 4 is 17.5 Å². The van der Waals surface area contributed by atoms with Crippen LogP contribution in [0.5, 0.6) is 0 Å². The topological polar surface area (TPSA) is 47.8 Å². The van der Waals surface area contributed by atoms with E-state index in [-0.39, 0.29) is 16.9 Å². The van der Waals surface area contributed by atoms with Gasteiger partial charge >= 0.3 is 0 Å². The lowest BCUT2D eigenvalue weighted by Gasteiger charge is -2.12. The highest BCUT2D eigenvalue weighted by molar-refractivity contribution is 8.00. The summed E-state index contributed by atoms with van der Waals surface area (Å²) in [7, 11) is 0. The molecule has 26 heavy (non-hydrogen) atoms. The molecule has 0 amide bonds. The van der Waals surface area contributed by atoms with E-state index in [4.69, 9.17) is 0 Å². The Morgan fingerprint density at radius 2 is 1.92 bits per heavy atom. The summed E-state index contributed by atoms with van der Waals surface area (Å²) in [6.45, 7) is 6.60. The number of carbonyl (C=O) groups excluding carboxylic acids is 1. The number of rotatable bonds is 6. The predicted octanol–water partition coefficient (Wildman–Crippen LogP) is 4.78. The third-order valence-corrected chi connectivity index (χ3v) is 5.17. The molecule has 0 saturated heterocycles. The van der Waals surface area contributed by atoms with E-state index < -0.39 is 0 Å². The molecule has 1 aromatic heterocycles. The first-order chi connectivity index (χ1) is 12.5. The minimum Gasteiger partial charge on any atom is -0.302 e. The van der Waals surface area contributed by atoms with Crippen molar-refractivity contribution in [3.05, 3.63) is 65.5 Å². The van der Waals surface area contributed by atoms with Gasteiger partial charge < -0.3 is 4.57 Å². The molecule has 0 aliphatic carbocycles. The lowest BCUT2D eigenvalue weighted by Crippen LogP contribution is -2.14. The number of aryl methyl sites for hydroxylation is 1.